The summed E-state index contributed by atoms with van der Waals surface area (Å²) in [6.45, 7) is 2.43. The molecule has 14 heavy (non-hydrogen) atoms. The Balaban J connectivity index is 2.41. The van der Waals surface area contributed by atoms with Crippen LogP contribution in [0.15, 0.2) is 18.3 Å². The summed E-state index contributed by atoms with van der Waals surface area (Å²) in [7, 11) is 0. The molecule has 3 N–H and O–H groups in total. The van der Waals surface area contributed by atoms with E-state index in [1.807, 2.05) is 0 Å². The number of nitrogen functional groups attached to an aromatic ring is 1. The fourth-order valence-electron chi connectivity index (χ4n) is 0.938. The maximum absolute atomic E-state index is 10.9. The van der Waals surface area contributed by atoms with Gasteiger partial charge in [-0.05, 0) is 19.1 Å². The van der Waals surface area contributed by atoms with E-state index >= 15 is 0 Å². The van der Waals surface area contributed by atoms with Crippen LogP contribution in [0.1, 0.15) is 12.6 Å². The fraction of sp³-hybridized carbons (Fsp3) is 0.333. The normalized spacial score (nSPS) is 9.50. The van der Waals surface area contributed by atoms with Gasteiger partial charge in [-0.15, -0.1) is 0 Å². The summed E-state index contributed by atoms with van der Waals surface area (Å²) in [5.74, 6) is 0. The third kappa shape index (κ3) is 3.30. The standard InChI is InChI=1S/C9H13N3O2/c1-2-14-9(13)12-6-8-5-7(10)3-4-11-8/h3-5H,2,6H2,1H3,(H2,10,11)(H,12,13). The van der Waals surface area contributed by atoms with Gasteiger partial charge in [-0.1, -0.05) is 0 Å². The summed E-state index contributed by atoms with van der Waals surface area (Å²) in [5.41, 5.74) is 6.87. The third-order valence-corrected chi connectivity index (χ3v) is 1.53. The molecule has 0 saturated heterocycles. The molecule has 0 aromatic carbocycles. The van der Waals surface area contributed by atoms with Crippen molar-refractivity contribution in [1.29, 1.82) is 0 Å². The highest BCUT2D eigenvalue weighted by Crippen LogP contribution is 2.01. The zero-order chi connectivity index (χ0) is 10.4. The summed E-state index contributed by atoms with van der Waals surface area (Å²) in [4.78, 5) is 14.9. The number of hydrogen-bond donors (Lipinski definition) is 2. The van der Waals surface area contributed by atoms with Crippen LogP contribution in [-0.2, 0) is 11.3 Å². The first-order chi connectivity index (χ1) is 6.72. The first-order valence-corrected chi connectivity index (χ1v) is 4.33. The van der Waals surface area contributed by atoms with Crippen LogP contribution in [0.2, 0.25) is 0 Å². The summed E-state index contributed by atoms with van der Waals surface area (Å²) < 4.78 is 4.68. The molecule has 0 atom stereocenters. The van der Waals surface area contributed by atoms with Gasteiger partial charge < -0.3 is 15.8 Å². The molecule has 0 fully saturated rings. The van der Waals surface area contributed by atoms with Crippen LogP contribution in [0.5, 0.6) is 0 Å². The predicted molar refractivity (Wildman–Crippen MR) is 52.5 cm³/mol. The molecule has 1 aromatic rings. The molecule has 1 rings (SSSR count). The van der Waals surface area contributed by atoms with E-state index in [-0.39, 0.29) is 0 Å². The number of nitrogens with zero attached hydrogens (tertiary/aromatic N) is 1. The van der Waals surface area contributed by atoms with Crippen molar-refractivity contribution in [2.24, 2.45) is 0 Å². The Morgan fingerprint density at radius 3 is 3.14 bits per heavy atom. The molecule has 0 aliphatic heterocycles. The van der Waals surface area contributed by atoms with Gasteiger partial charge in [-0.2, -0.15) is 0 Å². The Kier molecular flexibility index (Phi) is 3.72. The van der Waals surface area contributed by atoms with Crippen LogP contribution in [0.25, 0.3) is 0 Å². The molecular weight excluding hydrogens is 182 g/mol. The van der Waals surface area contributed by atoms with Crippen molar-refractivity contribution in [2.75, 3.05) is 12.3 Å². The molecule has 1 aromatic heterocycles. The first kappa shape index (κ1) is 10.3. The SMILES string of the molecule is CCOC(=O)NCc1cc(N)ccn1. The Morgan fingerprint density at radius 1 is 1.71 bits per heavy atom. The molecule has 76 valence electrons. The Labute approximate surface area is 82.3 Å². The second kappa shape index (κ2) is 5.06. The molecule has 0 unspecified atom stereocenters. The van der Waals surface area contributed by atoms with E-state index in [0.717, 1.165) is 0 Å². The number of nitrogens with one attached hydrogen (secondary N) is 1. The lowest BCUT2D eigenvalue weighted by Crippen LogP contribution is -2.24. The van der Waals surface area contributed by atoms with Gasteiger partial charge >= 0.3 is 6.09 Å². The van der Waals surface area contributed by atoms with Crippen LogP contribution in [-0.4, -0.2) is 17.7 Å². The van der Waals surface area contributed by atoms with E-state index in [2.05, 4.69) is 15.0 Å². The number of carbonyl (C=O) groups excluding carboxylic acids is 1. The Bertz CT molecular complexity index is 315. The number of ether oxygens (including phenoxy) is 1. The number of carbonyl (C=O) groups is 1. The van der Waals surface area contributed by atoms with Gasteiger partial charge in [-0.3, -0.25) is 4.98 Å². The summed E-state index contributed by atoms with van der Waals surface area (Å²) in [6, 6.07) is 3.39. The topological polar surface area (TPSA) is 77.2 Å². The number of amides is 1. The predicted octanol–water partition coefficient (Wildman–Crippen LogP) is 0.910. The highest BCUT2D eigenvalue weighted by atomic mass is 16.5. The van der Waals surface area contributed by atoms with Crippen molar-refractivity contribution in [2.45, 2.75) is 13.5 Å². The molecule has 5 heteroatoms. The third-order valence-electron chi connectivity index (χ3n) is 1.53. The zero-order valence-corrected chi connectivity index (χ0v) is 7.99. The largest absolute Gasteiger partial charge is 0.450 e. The second-order valence-electron chi connectivity index (χ2n) is 2.65. The van der Waals surface area contributed by atoms with Crippen molar-refractivity contribution < 1.29 is 9.53 Å². The molecule has 0 aliphatic carbocycles. The highest BCUT2D eigenvalue weighted by Gasteiger charge is 2.00. The maximum atomic E-state index is 10.9. The lowest BCUT2D eigenvalue weighted by Gasteiger charge is -2.04. The molecular formula is C9H13N3O2. The first-order valence-electron chi connectivity index (χ1n) is 4.33. The molecule has 0 saturated carbocycles. The number of pyridine rings is 1. The van der Waals surface area contributed by atoms with E-state index in [0.29, 0.717) is 24.5 Å². The highest BCUT2D eigenvalue weighted by molar-refractivity contribution is 5.67. The Morgan fingerprint density at radius 2 is 2.50 bits per heavy atom. The van der Waals surface area contributed by atoms with Crippen LogP contribution in [0.3, 0.4) is 0 Å². The zero-order valence-electron chi connectivity index (χ0n) is 7.99. The van der Waals surface area contributed by atoms with Crippen LogP contribution >= 0.6 is 0 Å². The second-order valence-corrected chi connectivity index (χ2v) is 2.65. The average Bonchev–Trinajstić information content (AvgIpc) is 2.15. The molecule has 0 spiro atoms. The quantitative estimate of drug-likeness (QED) is 0.751. The Hall–Kier alpha value is -1.78. The van der Waals surface area contributed by atoms with E-state index < -0.39 is 6.09 Å². The van der Waals surface area contributed by atoms with Crippen molar-refractivity contribution in [3.05, 3.63) is 24.0 Å². The van der Waals surface area contributed by atoms with Crippen LogP contribution in [0, 0.1) is 0 Å². The summed E-state index contributed by atoms with van der Waals surface area (Å²) >= 11 is 0. The summed E-state index contributed by atoms with van der Waals surface area (Å²) in [6.07, 6.45) is 1.15. The number of anilines is 1. The lowest BCUT2D eigenvalue weighted by atomic mass is 10.3. The molecule has 0 bridgehead atoms. The van der Waals surface area contributed by atoms with Crippen molar-refractivity contribution in [3.63, 3.8) is 0 Å². The number of aromatic nitrogens is 1. The van der Waals surface area contributed by atoms with Crippen molar-refractivity contribution in [3.8, 4) is 0 Å². The van der Waals surface area contributed by atoms with E-state index in [4.69, 9.17) is 5.73 Å². The smallest absolute Gasteiger partial charge is 0.407 e. The van der Waals surface area contributed by atoms with Gasteiger partial charge in [0.25, 0.3) is 0 Å². The molecule has 1 amide bonds. The average molecular weight is 195 g/mol. The van der Waals surface area contributed by atoms with Crippen LogP contribution < -0.4 is 11.1 Å². The fourth-order valence-corrected chi connectivity index (χ4v) is 0.938. The number of rotatable bonds is 3. The number of alkyl carbamates (subject to hydrolysis) is 1. The molecule has 0 aliphatic rings. The lowest BCUT2D eigenvalue weighted by molar-refractivity contribution is 0.151. The number of nitrogens with two attached hydrogens (primary N) is 1. The van der Waals surface area contributed by atoms with E-state index in [1.54, 1.807) is 25.3 Å². The van der Waals surface area contributed by atoms with Gasteiger partial charge in [0.15, 0.2) is 0 Å². The van der Waals surface area contributed by atoms with E-state index in [9.17, 15) is 4.79 Å². The number of hydrogen-bond acceptors (Lipinski definition) is 4. The van der Waals surface area contributed by atoms with Crippen molar-refractivity contribution >= 4 is 11.8 Å². The van der Waals surface area contributed by atoms with Gasteiger partial charge in [0, 0.05) is 11.9 Å². The van der Waals surface area contributed by atoms with Gasteiger partial charge in [0.2, 0.25) is 0 Å². The summed E-state index contributed by atoms with van der Waals surface area (Å²) in [5, 5.41) is 2.55. The minimum Gasteiger partial charge on any atom is -0.450 e. The molecule has 0 radical (unpaired) electrons. The van der Waals surface area contributed by atoms with Gasteiger partial charge in [0.05, 0.1) is 18.8 Å². The van der Waals surface area contributed by atoms with Gasteiger partial charge in [-0.25, -0.2) is 4.79 Å². The monoisotopic (exact) mass is 195 g/mol. The van der Waals surface area contributed by atoms with Crippen molar-refractivity contribution in [1.82, 2.24) is 10.3 Å². The maximum Gasteiger partial charge on any atom is 0.407 e. The van der Waals surface area contributed by atoms with E-state index in [1.165, 1.54) is 0 Å². The molecule has 5 nitrogen and oxygen atoms in total. The van der Waals surface area contributed by atoms with Gasteiger partial charge in [0.1, 0.15) is 0 Å². The minimum atomic E-state index is -0.447. The minimum absolute atomic E-state index is 0.323. The molecule has 1 heterocycles. The van der Waals surface area contributed by atoms with Crippen LogP contribution in [0.4, 0.5) is 10.5 Å².